The van der Waals surface area contributed by atoms with Crippen molar-refractivity contribution in [2.24, 2.45) is 5.92 Å². The third-order valence-corrected chi connectivity index (χ3v) is 4.89. The van der Waals surface area contributed by atoms with E-state index in [9.17, 15) is 19.8 Å². The predicted octanol–water partition coefficient (Wildman–Crippen LogP) is 3.89. The summed E-state index contributed by atoms with van der Waals surface area (Å²) in [6, 6.07) is 5.84. The van der Waals surface area contributed by atoms with E-state index in [0.717, 1.165) is 25.7 Å². The van der Waals surface area contributed by atoms with Crippen molar-refractivity contribution in [1.29, 1.82) is 0 Å². The van der Waals surface area contributed by atoms with Gasteiger partial charge < -0.3 is 15.1 Å². The van der Waals surface area contributed by atoms with Crippen LogP contribution in [0.15, 0.2) is 35.6 Å². The van der Waals surface area contributed by atoms with Crippen molar-refractivity contribution in [3.8, 4) is 5.75 Å². The molecular weight excluding hydrogens is 318 g/mol. The summed E-state index contributed by atoms with van der Waals surface area (Å²) in [4.78, 5) is 26.3. The van der Waals surface area contributed by atoms with Gasteiger partial charge in [-0.1, -0.05) is 45.2 Å². The highest BCUT2D eigenvalue weighted by molar-refractivity contribution is 6.08. The minimum Gasteiger partial charge on any atom is -0.508 e. The molecule has 1 aliphatic heterocycles. The molecule has 1 amide bonds. The fraction of sp³-hybridized carbons (Fsp3) is 0.500. The molecule has 2 N–H and O–H groups in total. The lowest BCUT2D eigenvalue weighted by molar-refractivity contribution is -0.130. The third-order valence-electron chi connectivity index (χ3n) is 4.89. The number of carbonyl (C=O) groups excluding carboxylic acids is 2. The van der Waals surface area contributed by atoms with Gasteiger partial charge in [0.1, 0.15) is 5.75 Å². The van der Waals surface area contributed by atoms with Gasteiger partial charge in [0.25, 0.3) is 5.91 Å². The van der Waals surface area contributed by atoms with Gasteiger partial charge in [0.05, 0.1) is 11.6 Å². The molecule has 0 bridgehead atoms. The second kappa shape index (κ2) is 8.19. The monoisotopic (exact) mass is 345 g/mol. The van der Waals surface area contributed by atoms with Crippen molar-refractivity contribution in [2.75, 3.05) is 6.54 Å². The molecule has 0 radical (unpaired) electrons. The number of nitrogens with zero attached hydrogens (tertiary/aromatic N) is 1. The molecule has 2 rings (SSSR count). The molecule has 5 heteroatoms. The quantitative estimate of drug-likeness (QED) is 0.749. The number of amides is 1. The van der Waals surface area contributed by atoms with Crippen LogP contribution in [0, 0.1) is 5.92 Å². The first kappa shape index (κ1) is 19.0. The van der Waals surface area contributed by atoms with Gasteiger partial charge in [-0.05, 0) is 37.0 Å². The molecule has 0 saturated carbocycles. The summed E-state index contributed by atoms with van der Waals surface area (Å²) in [5.74, 6) is -0.809. The number of hydrogen-bond donors (Lipinski definition) is 2. The fourth-order valence-corrected chi connectivity index (χ4v) is 3.40. The van der Waals surface area contributed by atoms with Crippen LogP contribution in [-0.4, -0.2) is 33.3 Å². The molecule has 5 nitrogen and oxygen atoms in total. The Bertz CT molecular complexity index is 663. The minimum absolute atomic E-state index is 0.117. The summed E-state index contributed by atoms with van der Waals surface area (Å²) in [5.41, 5.74) is 0.853. The van der Waals surface area contributed by atoms with E-state index in [0.29, 0.717) is 18.0 Å². The van der Waals surface area contributed by atoms with E-state index in [1.807, 2.05) is 0 Å². The number of carbonyl (C=O) groups is 2. The number of unbranched alkanes of at least 4 members (excludes halogenated alkanes) is 1. The van der Waals surface area contributed by atoms with Gasteiger partial charge in [-0.2, -0.15) is 0 Å². The molecule has 0 aromatic heterocycles. The zero-order valence-electron chi connectivity index (χ0n) is 15.2. The Morgan fingerprint density at radius 3 is 2.36 bits per heavy atom. The number of aliphatic hydroxyl groups excluding tert-OH is 1. The fourth-order valence-electron chi connectivity index (χ4n) is 3.40. The number of ketones is 1. The van der Waals surface area contributed by atoms with Crippen LogP contribution in [0.4, 0.5) is 0 Å². The molecule has 1 aromatic rings. The van der Waals surface area contributed by atoms with Crippen LogP contribution in [0.1, 0.15) is 58.1 Å². The van der Waals surface area contributed by atoms with Crippen LogP contribution in [0.25, 0.3) is 0 Å². The van der Waals surface area contributed by atoms with Crippen LogP contribution in [0.3, 0.4) is 0 Å². The normalized spacial score (nSPS) is 18.8. The molecule has 0 saturated heterocycles. The van der Waals surface area contributed by atoms with E-state index < -0.39 is 17.7 Å². The molecule has 1 aromatic carbocycles. The third kappa shape index (κ3) is 4.03. The summed E-state index contributed by atoms with van der Waals surface area (Å²) < 4.78 is 0. The molecule has 0 spiro atoms. The summed E-state index contributed by atoms with van der Waals surface area (Å²) in [6.45, 7) is 6.09. The van der Waals surface area contributed by atoms with E-state index >= 15 is 0 Å². The van der Waals surface area contributed by atoms with Gasteiger partial charge in [0.15, 0.2) is 11.5 Å². The predicted molar refractivity (Wildman–Crippen MR) is 96.2 cm³/mol. The summed E-state index contributed by atoms with van der Waals surface area (Å²) in [7, 11) is 0. The smallest absolute Gasteiger partial charge is 0.290 e. The number of aromatic hydroxyl groups is 1. The van der Waals surface area contributed by atoms with Crippen LogP contribution < -0.4 is 0 Å². The van der Waals surface area contributed by atoms with Crippen molar-refractivity contribution in [3.63, 3.8) is 0 Å². The average molecular weight is 345 g/mol. The van der Waals surface area contributed by atoms with Gasteiger partial charge >= 0.3 is 0 Å². The minimum atomic E-state index is -0.596. The van der Waals surface area contributed by atoms with E-state index in [1.165, 1.54) is 19.1 Å². The lowest BCUT2D eigenvalue weighted by Gasteiger charge is -2.30. The Morgan fingerprint density at radius 1 is 1.20 bits per heavy atom. The molecule has 136 valence electrons. The number of rotatable bonds is 8. The highest BCUT2D eigenvalue weighted by atomic mass is 16.3. The molecule has 1 aliphatic rings. The Kier molecular flexibility index (Phi) is 6.23. The maximum Gasteiger partial charge on any atom is 0.290 e. The number of hydrogen-bond acceptors (Lipinski definition) is 4. The Hall–Kier alpha value is -2.30. The van der Waals surface area contributed by atoms with Gasteiger partial charge in [0.2, 0.25) is 0 Å². The molecule has 0 unspecified atom stereocenters. The van der Waals surface area contributed by atoms with Crippen molar-refractivity contribution < 1.29 is 19.8 Å². The van der Waals surface area contributed by atoms with Crippen molar-refractivity contribution >= 4 is 11.7 Å². The highest BCUT2D eigenvalue weighted by Crippen LogP contribution is 2.39. The summed E-state index contributed by atoms with van der Waals surface area (Å²) in [5, 5.41) is 19.8. The molecular formula is C20H27NO4. The van der Waals surface area contributed by atoms with Crippen LogP contribution in [0.5, 0.6) is 5.75 Å². The second-order valence-electron chi connectivity index (χ2n) is 6.69. The number of phenols is 1. The van der Waals surface area contributed by atoms with Gasteiger partial charge in [-0.3, -0.25) is 9.59 Å². The van der Waals surface area contributed by atoms with Crippen molar-refractivity contribution in [1.82, 2.24) is 4.90 Å². The molecule has 0 aliphatic carbocycles. The summed E-state index contributed by atoms with van der Waals surface area (Å²) in [6.07, 6.45) is 4.12. The lowest BCUT2D eigenvalue weighted by Crippen LogP contribution is -2.35. The SMILES string of the molecule is CCCC[C@H](CC)CN1C(=O)C(O)=C(C(C)=O)[C@H]1c1ccc(O)cc1. The maximum atomic E-state index is 12.6. The summed E-state index contributed by atoms with van der Waals surface area (Å²) >= 11 is 0. The van der Waals surface area contributed by atoms with Crippen molar-refractivity contribution in [3.05, 3.63) is 41.2 Å². The van der Waals surface area contributed by atoms with Gasteiger partial charge in [0, 0.05) is 6.54 Å². The molecule has 1 heterocycles. The van der Waals surface area contributed by atoms with Gasteiger partial charge in [-0.25, -0.2) is 0 Å². The van der Waals surface area contributed by atoms with E-state index in [1.54, 1.807) is 17.0 Å². The first-order valence-electron chi connectivity index (χ1n) is 8.94. The Morgan fingerprint density at radius 2 is 1.84 bits per heavy atom. The second-order valence-corrected chi connectivity index (χ2v) is 6.69. The largest absolute Gasteiger partial charge is 0.508 e. The van der Waals surface area contributed by atoms with Crippen LogP contribution in [-0.2, 0) is 9.59 Å². The lowest BCUT2D eigenvalue weighted by atomic mass is 9.94. The van der Waals surface area contributed by atoms with E-state index in [4.69, 9.17) is 0 Å². The maximum absolute atomic E-state index is 12.6. The zero-order valence-corrected chi connectivity index (χ0v) is 15.2. The number of benzene rings is 1. The van der Waals surface area contributed by atoms with Crippen LogP contribution >= 0.6 is 0 Å². The van der Waals surface area contributed by atoms with Gasteiger partial charge in [-0.15, -0.1) is 0 Å². The standard InChI is InChI=1S/C20H27NO4/c1-4-6-7-14(5-2)12-21-18(15-8-10-16(23)11-9-15)17(13(3)22)19(24)20(21)25/h8-11,14,18,23-24H,4-7,12H2,1-3H3/t14-,18+/m0/s1. The zero-order chi connectivity index (χ0) is 18.6. The Labute approximate surface area is 149 Å². The van der Waals surface area contributed by atoms with E-state index in [2.05, 4.69) is 13.8 Å². The highest BCUT2D eigenvalue weighted by Gasteiger charge is 2.42. The number of aliphatic hydroxyl groups is 1. The first-order chi connectivity index (χ1) is 11.9. The number of Topliss-reactive ketones (excluding diaryl/α,β-unsaturated/α-hetero) is 1. The van der Waals surface area contributed by atoms with Crippen molar-refractivity contribution in [2.45, 2.75) is 52.5 Å². The first-order valence-corrected chi connectivity index (χ1v) is 8.94. The van der Waals surface area contributed by atoms with E-state index in [-0.39, 0.29) is 17.1 Å². The molecule has 0 fully saturated rings. The Balaban J connectivity index is 2.37. The number of phenolic OH excluding ortho intramolecular Hbond substituents is 1. The topological polar surface area (TPSA) is 77.8 Å². The molecule has 2 atom stereocenters. The average Bonchev–Trinajstić information content (AvgIpc) is 2.84. The molecule has 25 heavy (non-hydrogen) atoms. The van der Waals surface area contributed by atoms with Crippen LogP contribution in [0.2, 0.25) is 0 Å².